The first kappa shape index (κ1) is 17.0. The van der Waals surface area contributed by atoms with Gasteiger partial charge >= 0.3 is 0 Å². The molecule has 0 unspecified atom stereocenters. The molecule has 0 radical (unpaired) electrons. The highest BCUT2D eigenvalue weighted by molar-refractivity contribution is 5.80. The van der Waals surface area contributed by atoms with Gasteiger partial charge in [0.05, 0.1) is 18.2 Å². The number of nitrogens with one attached hydrogen (secondary N) is 1. The Hall–Kier alpha value is -3.48. The van der Waals surface area contributed by atoms with E-state index >= 15 is 0 Å². The molecular weight excluding hydrogens is 348 g/mol. The normalized spacial score (nSPS) is 13.2. The minimum Gasteiger partial charge on any atom is -0.481 e. The molecule has 1 aliphatic rings. The summed E-state index contributed by atoms with van der Waals surface area (Å²) in [6, 6.07) is 10.9. The van der Waals surface area contributed by atoms with E-state index < -0.39 is 6.10 Å². The number of carbonyl (C=O) groups is 1. The molecule has 3 aromatic rings. The van der Waals surface area contributed by atoms with Crippen LogP contribution in [-0.4, -0.2) is 23.8 Å². The van der Waals surface area contributed by atoms with E-state index in [1.165, 1.54) is 0 Å². The van der Waals surface area contributed by atoms with Crippen molar-refractivity contribution in [1.82, 2.24) is 10.3 Å². The van der Waals surface area contributed by atoms with Crippen LogP contribution >= 0.6 is 0 Å². The topological polar surface area (TPSA) is 82.8 Å². The van der Waals surface area contributed by atoms with Gasteiger partial charge in [0, 0.05) is 24.4 Å². The van der Waals surface area contributed by atoms with Gasteiger partial charge in [-0.1, -0.05) is 6.07 Å². The number of ether oxygens (including phenoxy) is 3. The highest BCUT2D eigenvalue weighted by atomic mass is 16.7. The van der Waals surface area contributed by atoms with Gasteiger partial charge in [0.15, 0.2) is 17.6 Å². The first-order valence-electron chi connectivity index (χ1n) is 8.50. The Kier molecular flexibility index (Phi) is 4.65. The van der Waals surface area contributed by atoms with Gasteiger partial charge in [-0.25, -0.2) is 0 Å². The average molecular weight is 366 g/mol. The molecule has 3 heterocycles. The summed E-state index contributed by atoms with van der Waals surface area (Å²) in [6.07, 6.45) is 4.32. The summed E-state index contributed by atoms with van der Waals surface area (Å²) in [5.41, 5.74) is 2.63. The Balaban J connectivity index is 1.31. The van der Waals surface area contributed by atoms with E-state index in [2.05, 4.69) is 10.3 Å². The molecule has 4 rings (SSSR count). The third kappa shape index (κ3) is 3.87. The van der Waals surface area contributed by atoms with Crippen molar-refractivity contribution < 1.29 is 23.4 Å². The molecule has 0 saturated carbocycles. The van der Waals surface area contributed by atoms with Crippen LogP contribution in [0.15, 0.2) is 59.5 Å². The number of rotatable bonds is 6. The minimum atomic E-state index is -0.650. The first-order chi connectivity index (χ1) is 13.2. The first-order valence-corrected chi connectivity index (χ1v) is 8.50. The second-order valence-electron chi connectivity index (χ2n) is 6.06. The van der Waals surface area contributed by atoms with Gasteiger partial charge in [-0.2, -0.15) is 0 Å². The molecule has 1 N–H and O–H groups in total. The molecule has 7 nitrogen and oxygen atoms in total. The van der Waals surface area contributed by atoms with Gasteiger partial charge in [-0.05, 0) is 36.8 Å². The molecule has 1 atom stereocenters. The summed E-state index contributed by atoms with van der Waals surface area (Å²) in [4.78, 5) is 16.7. The van der Waals surface area contributed by atoms with Gasteiger partial charge in [0.1, 0.15) is 5.75 Å². The number of benzene rings is 1. The zero-order chi connectivity index (χ0) is 18.6. The molecule has 1 aromatic carbocycles. The third-order valence-electron chi connectivity index (χ3n) is 4.13. The van der Waals surface area contributed by atoms with E-state index in [1.54, 1.807) is 43.8 Å². The van der Waals surface area contributed by atoms with Crippen molar-refractivity contribution >= 4 is 5.91 Å². The fourth-order valence-electron chi connectivity index (χ4n) is 2.65. The lowest BCUT2D eigenvalue weighted by atomic mass is 10.2. The highest BCUT2D eigenvalue weighted by Crippen LogP contribution is 2.35. The molecular formula is C20H18N2O5. The van der Waals surface area contributed by atoms with Gasteiger partial charge in [-0.3, -0.25) is 9.78 Å². The molecule has 1 amide bonds. The van der Waals surface area contributed by atoms with Crippen molar-refractivity contribution in [2.24, 2.45) is 0 Å². The fourth-order valence-corrected chi connectivity index (χ4v) is 2.65. The predicted molar refractivity (Wildman–Crippen MR) is 96.4 cm³/mol. The lowest BCUT2D eigenvalue weighted by Gasteiger charge is -2.15. The van der Waals surface area contributed by atoms with Gasteiger partial charge in [0.2, 0.25) is 6.79 Å². The molecule has 0 bridgehead atoms. The van der Waals surface area contributed by atoms with Gasteiger partial charge in [0.25, 0.3) is 5.91 Å². The molecule has 2 aromatic heterocycles. The van der Waals surface area contributed by atoms with Crippen molar-refractivity contribution in [3.05, 3.63) is 60.7 Å². The molecule has 138 valence electrons. The van der Waals surface area contributed by atoms with Crippen LogP contribution in [0.4, 0.5) is 0 Å². The van der Waals surface area contributed by atoms with Crippen molar-refractivity contribution in [3.8, 4) is 28.5 Å². The number of carbonyl (C=O) groups excluding carboxylic acids is 1. The molecule has 0 aliphatic carbocycles. The smallest absolute Gasteiger partial charge is 0.261 e. The third-order valence-corrected chi connectivity index (χ3v) is 4.13. The number of hydrogen-bond donors (Lipinski definition) is 1. The van der Waals surface area contributed by atoms with Crippen LogP contribution in [0.1, 0.15) is 12.5 Å². The van der Waals surface area contributed by atoms with E-state index in [0.717, 1.165) is 16.8 Å². The summed E-state index contributed by atoms with van der Waals surface area (Å²) in [5, 5.41) is 2.85. The van der Waals surface area contributed by atoms with Crippen LogP contribution in [0.2, 0.25) is 0 Å². The van der Waals surface area contributed by atoms with Crippen LogP contribution < -0.4 is 19.5 Å². The predicted octanol–water partition coefficient (Wildman–Crippen LogP) is 3.15. The van der Waals surface area contributed by atoms with E-state index in [0.29, 0.717) is 23.8 Å². The molecule has 27 heavy (non-hydrogen) atoms. The Morgan fingerprint density at radius 3 is 2.89 bits per heavy atom. The zero-order valence-electron chi connectivity index (χ0n) is 14.7. The summed E-state index contributed by atoms with van der Waals surface area (Å²) in [5.74, 6) is 1.62. The SMILES string of the molecule is C[C@@H](Oc1ccc2c(c1)OCO2)C(=O)NCc1ccc(-c2ccoc2)nc1. The summed E-state index contributed by atoms with van der Waals surface area (Å²) in [7, 11) is 0. The standard InChI is InChI=1S/C20H18N2O5/c1-13(27-16-3-5-18-19(8-16)26-12-25-18)20(23)22-10-14-2-4-17(21-9-14)15-6-7-24-11-15/h2-9,11,13H,10,12H2,1H3,(H,22,23)/t13-/m1/s1. The van der Waals surface area contributed by atoms with Crippen molar-refractivity contribution in [2.75, 3.05) is 6.79 Å². The highest BCUT2D eigenvalue weighted by Gasteiger charge is 2.18. The van der Waals surface area contributed by atoms with Crippen molar-refractivity contribution in [2.45, 2.75) is 19.6 Å². The monoisotopic (exact) mass is 366 g/mol. The van der Waals surface area contributed by atoms with E-state index in [1.807, 2.05) is 18.2 Å². The van der Waals surface area contributed by atoms with Gasteiger partial charge < -0.3 is 23.9 Å². The average Bonchev–Trinajstić information content (AvgIpc) is 3.38. The Labute approximate surface area is 155 Å². The van der Waals surface area contributed by atoms with Crippen molar-refractivity contribution in [3.63, 3.8) is 0 Å². The van der Waals surface area contributed by atoms with E-state index in [4.69, 9.17) is 18.6 Å². The summed E-state index contributed by atoms with van der Waals surface area (Å²) < 4.78 is 21.3. The second kappa shape index (κ2) is 7.41. The number of amides is 1. The van der Waals surface area contributed by atoms with E-state index in [9.17, 15) is 4.79 Å². The quantitative estimate of drug-likeness (QED) is 0.722. The minimum absolute atomic E-state index is 0.197. The Morgan fingerprint density at radius 2 is 2.11 bits per heavy atom. The number of fused-ring (bicyclic) bond motifs is 1. The summed E-state index contributed by atoms with van der Waals surface area (Å²) in [6.45, 7) is 2.26. The fraction of sp³-hybridized carbons (Fsp3) is 0.200. The maximum atomic E-state index is 12.3. The van der Waals surface area contributed by atoms with Crippen LogP contribution in [0, 0.1) is 0 Å². The molecule has 0 saturated heterocycles. The van der Waals surface area contributed by atoms with Crippen LogP contribution in [0.3, 0.4) is 0 Å². The van der Waals surface area contributed by atoms with Crippen LogP contribution in [0.5, 0.6) is 17.2 Å². The maximum absolute atomic E-state index is 12.3. The number of nitrogens with zero attached hydrogens (tertiary/aromatic N) is 1. The van der Waals surface area contributed by atoms with Crippen LogP contribution in [-0.2, 0) is 11.3 Å². The molecule has 1 aliphatic heterocycles. The Morgan fingerprint density at radius 1 is 1.22 bits per heavy atom. The van der Waals surface area contributed by atoms with Gasteiger partial charge in [-0.15, -0.1) is 0 Å². The number of furan rings is 1. The lowest BCUT2D eigenvalue weighted by Crippen LogP contribution is -2.35. The number of aromatic nitrogens is 1. The number of hydrogen-bond acceptors (Lipinski definition) is 6. The van der Waals surface area contributed by atoms with Crippen molar-refractivity contribution in [1.29, 1.82) is 0 Å². The molecule has 0 spiro atoms. The largest absolute Gasteiger partial charge is 0.481 e. The Bertz CT molecular complexity index is 922. The number of pyridine rings is 1. The molecule has 0 fully saturated rings. The second-order valence-corrected chi connectivity index (χ2v) is 6.06. The van der Waals surface area contributed by atoms with E-state index in [-0.39, 0.29) is 12.7 Å². The maximum Gasteiger partial charge on any atom is 0.261 e. The zero-order valence-corrected chi connectivity index (χ0v) is 14.7. The molecule has 7 heteroatoms. The lowest BCUT2D eigenvalue weighted by molar-refractivity contribution is -0.127. The van der Waals surface area contributed by atoms with Crippen LogP contribution in [0.25, 0.3) is 11.3 Å². The summed E-state index contributed by atoms with van der Waals surface area (Å²) >= 11 is 0.